The van der Waals surface area contributed by atoms with Crippen LogP contribution in [0.25, 0.3) is 10.9 Å². The largest absolute Gasteiger partial charge is 0.486 e. The van der Waals surface area contributed by atoms with Crippen LogP contribution in [-0.4, -0.2) is 32.5 Å². The van der Waals surface area contributed by atoms with E-state index >= 15 is 0 Å². The molecule has 0 atom stereocenters. The Bertz CT molecular complexity index is 1470. The number of rotatable bonds is 5. The summed E-state index contributed by atoms with van der Waals surface area (Å²) in [5.74, 6) is 0.408. The van der Waals surface area contributed by atoms with E-state index in [2.05, 4.69) is 15.0 Å². The lowest BCUT2D eigenvalue weighted by atomic mass is 10.1. The first kappa shape index (κ1) is 20.8. The molecule has 9 heteroatoms. The Morgan fingerprint density at radius 2 is 1.70 bits per heavy atom. The molecule has 33 heavy (non-hydrogen) atoms. The molecule has 166 valence electrons. The summed E-state index contributed by atoms with van der Waals surface area (Å²) in [4.78, 5) is 17.3. The van der Waals surface area contributed by atoms with Crippen molar-refractivity contribution in [2.75, 3.05) is 23.3 Å². The lowest BCUT2D eigenvalue weighted by Crippen LogP contribution is -2.19. The molecule has 8 nitrogen and oxygen atoms in total. The number of nitrogens with one attached hydrogen (secondary N) is 2. The molecule has 0 saturated heterocycles. The number of benzene rings is 3. The SMILES string of the molecule is O=C(Nc1ccc2ncccc2c1)c1ccccc1NS(=O)(=O)c1ccc2c(c1)OCCO2. The highest BCUT2D eigenvalue weighted by molar-refractivity contribution is 7.92. The fourth-order valence-electron chi connectivity index (χ4n) is 3.52. The van der Waals surface area contributed by atoms with E-state index < -0.39 is 15.9 Å². The number of anilines is 2. The molecule has 1 aromatic heterocycles. The molecule has 4 aromatic rings. The van der Waals surface area contributed by atoms with Gasteiger partial charge in [-0.1, -0.05) is 18.2 Å². The van der Waals surface area contributed by atoms with Crippen molar-refractivity contribution in [3.8, 4) is 11.5 Å². The van der Waals surface area contributed by atoms with Gasteiger partial charge in [-0.15, -0.1) is 0 Å². The molecular weight excluding hydrogens is 442 g/mol. The zero-order valence-electron chi connectivity index (χ0n) is 17.3. The molecule has 0 radical (unpaired) electrons. The molecule has 1 amide bonds. The summed E-state index contributed by atoms with van der Waals surface area (Å²) in [5, 5.41) is 3.70. The Morgan fingerprint density at radius 1 is 0.879 bits per heavy atom. The lowest BCUT2D eigenvalue weighted by molar-refractivity contribution is 0.102. The van der Waals surface area contributed by atoms with E-state index in [-0.39, 0.29) is 16.1 Å². The van der Waals surface area contributed by atoms with Crippen molar-refractivity contribution in [1.82, 2.24) is 4.98 Å². The smallest absolute Gasteiger partial charge is 0.262 e. The standard InChI is InChI=1S/C24H19N3O5S/c28-24(26-17-7-9-20-16(14-17)4-3-11-25-20)19-5-1-2-6-21(19)27-33(29,30)18-8-10-22-23(15-18)32-13-12-31-22/h1-11,14-15,27H,12-13H2,(H,26,28). The normalized spacial score (nSPS) is 12.8. The van der Waals surface area contributed by atoms with Crippen LogP contribution in [0, 0.1) is 0 Å². The molecule has 1 aliphatic rings. The van der Waals surface area contributed by atoms with Gasteiger partial charge in [0.1, 0.15) is 13.2 Å². The average molecular weight is 461 g/mol. The van der Waals surface area contributed by atoms with Crippen LogP contribution in [0.15, 0.2) is 83.9 Å². The van der Waals surface area contributed by atoms with Crippen molar-refractivity contribution in [3.63, 3.8) is 0 Å². The molecular formula is C24H19N3O5S. The maximum absolute atomic E-state index is 13.0. The van der Waals surface area contributed by atoms with Crippen molar-refractivity contribution in [2.45, 2.75) is 4.90 Å². The van der Waals surface area contributed by atoms with E-state index in [1.54, 1.807) is 42.6 Å². The van der Waals surface area contributed by atoms with E-state index in [4.69, 9.17) is 9.47 Å². The monoisotopic (exact) mass is 461 g/mol. The third-order valence-electron chi connectivity index (χ3n) is 5.10. The van der Waals surface area contributed by atoms with Gasteiger partial charge in [0.2, 0.25) is 0 Å². The van der Waals surface area contributed by atoms with Crippen LogP contribution < -0.4 is 19.5 Å². The number of hydrogen-bond acceptors (Lipinski definition) is 6. The molecule has 0 unspecified atom stereocenters. The second-order valence-corrected chi connectivity index (χ2v) is 9.00. The molecule has 5 rings (SSSR count). The van der Waals surface area contributed by atoms with Crippen molar-refractivity contribution in [2.24, 2.45) is 0 Å². The number of para-hydroxylation sites is 1. The summed E-state index contributed by atoms with van der Waals surface area (Å²) < 4.78 is 39.5. The van der Waals surface area contributed by atoms with Gasteiger partial charge in [-0.05, 0) is 48.5 Å². The topological polar surface area (TPSA) is 107 Å². The van der Waals surface area contributed by atoms with Gasteiger partial charge in [-0.2, -0.15) is 0 Å². The van der Waals surface area contributed by atoms with Crippen molar-refractivity contribution < 1.29 is 22.7 Å². The van der Waals surface area contributed by atoms with Gasteiger partial charge in [0.05, 0.1) is 21.7 Å². The van der Waals surface area contributed by atoms with E-state index in [0.29, 0.717) is 30.4 Å². The van der Waals surface area contributed by atoms with Gasteiger partial charge in [0, 0.05) is 23.3 Å². The second-order valence-electron chi connectivity index (χ2n) is 7.32. The molecule has 0 spiro atoms. The first-order valence-electron chi connectivity index (χ1n) is 10.2. The zero-order valence-corrected chi connectivity index (χ0v) is 18.1. The van der Waals surface area contributed by atoms with E-state index in [1.165, 1.54) is 18.2 Å². The number of pyridine rings is 1. The minimum Gasteiger partial charge on any atom is -0.486 e. The number of ether oxygens (including phenoxy) is 2. The van der Waals surface area contributed by atoms with Gasteiger partial charge < -0.3 is 14.8 Å². The number of carbonyl (C=O) groups is 1. The van der Waals surface area contributed by atoms with E-state index in [9.17, 15) is 13.2 Å². The molecule has 2 heterocycles. The summed E-state index contributed by atoms with van der Waals surface area (Å²) in [6, 6.07) is 19.9. The summed E-state index contributed by atoms with van der Waals surface area (Å²) in [6.07, 6.45) is 1.70. The first-order valence-corrected chi connectivity index (χ1v) is 11.7. The lowest BCUT2D eigenvalue weighted by Gasteiger charge is -2.19. The maximum atomic E-state index is 13.0. The molecule has 0 aliphatic carbocycles. The predicted molar refractivity (Wildman–Crippen MR) is 124 cm³/mol. The number of aromatic nitrogens is 1. The third kappa shape index (κ3) is 4.31. The highest BCUT2D eigenvalue weighted by Gasteiger charge is 2.22. The number of amides is 1. The van der Waals surface area contributed by atoms with Gasteiger partial charge in [-0.25, -0.2) is 8.42 Å². The van der Waals surface area contributed by atoms with Gasteiger partial charge >= 0.3 is 0 Å². The van der Waals surface area contributed by atoms with Crippen LogP contribution in [0.5, 0.6) is 11.5 Å². The second kappa shape index (κ2) is 8.44. The Hall–Kier alpha value is -4.11. The van der Waals surface area contributed by atoms with Crippen LogP contribution in [0.4, 0.5) is 11.4 Å². The van der Waals surface area contributed by atoms with Gasteiger partial charge in [-0.3, -0.25) is 14.5 Å². The minimum absolute atomic E-state index is 0.00369. The van der Waals surface area contributed by atoms with E-state index in [0.717, 1.165) is 10.9 Å². The van der Waals surface area contributed by atoms with Crippen LogP contribution in [0.2, 0.25) is 0 Å². The third-order valence-corrected chi connectivity index (χ3v) is 6.46. The van der Waals surface area contributed by atoms with Crippen LogP contribution in [0.3, 0.4) is 0 Å². The Kier molecular flexibility index (Phi) is 5.31. The molecule has 0 fully saturated rings. The molecule has 3 aromatic carbocycles. The summed E-state index contributed by atoms with van der Waals surface area (Å²) >= 11 is 0. The number of sulfonamides is 1. The minimum atomic E-state index is -3.98. The number of hydrogen-bond donors (Lipinski definition) is 2. The quantitative estimate of drug-likeness (QED) is 0.464. The maximum Gasteiger partial charge on any atom is 0.262 e. The van der Waals surface area contributed by atoms with Crippen molar-refractivity contribution in [1.29, 1.82) is 0 Å². The van der Waals surface area contributed by atoms with Crippen molar-refractivity contribution in [3.05, 3.63) is 84.6 Å². The van der Waals surface area contributed by atoms with E-state index in [1.807, 2.05) is 18.2 Å². The predicted octanol–water partition coefficient (Wildman–Crippen LogP) is 4.06. The van der Waals surface area contributed by atoms with Crippen LogP contribution >= 0.6 is 0 Å². The Labute approximate surface area is 190 Å². The fraction of sp³-hybridized carbons (Fsp3) is 0.0833. The van der Waals surface area contributed by atoms with Crippen molar-refractivity contribution >= 4 is 38.2 Å². The molecule has 0 saturated carbocycles. The molecule has 1 aliphatic heterocycles. The highest BCUT2D eigenvalue weighted by atomic mass is 32.2. The summed E-state index contributed by atoms with van der Waals surface area (Å²) in [6.45, 7) is 0.755. The molecule has 2 N–H and O–H groups in total. The van der Waals surface area contributed by atoms with Gasteiger partial charge in [0.15, 0.2) is 11.5 Å². The average Bonchev–Trinajstić information content (AvgIpc) is 2.83. The first-order chi connectivity index (χ1) is 16.0. The Balaban J connectivity index is 1.40. The number of fused-ring (bicyclic) bond motifs is 2. The zero-order chi connectivity index (χ0) is 22.8. The Morgan fingerprint density at radius 3 is 2.58 bits per heavy atom. The summed E-state index contributed by atoms with van der Waals surface area (Å²) in [7, 11) is -3.98. The van der Waals surface area contributed by atoms with Crippen LogP contribution in [-0.2, 0) is 10.0 Å². The highest BCUT2D eigenvalue weighted by Crippen LogP contribution is 2.33. The number of carbonyl (C=O) groups excluding carboxylic acids is 1. The summed E-state index contributed by atoms with van der Waals surface area (Å²) in [5.41, 5.74) is 1.73. The van der Waals surface area contributed by atoms with Gasteiger partial charge in [0.25, 0.3) is 15.9 Å². The fourth-order valence-corrected chi connectivity index (χ4v) is 4.61. The van der Waals surface area contributed by atoms with Crippen LogP contribution in [0.1, 0.15) is 10.4 Å². The number of nitrogens with zero attached hydrogens (tertiary/aromatic N) is 1. The molecule has 0 bridgehead atoms.